The van der Waals surface area contributed by atoms with Crippen molar-refractivity contribution in [2.75, 3.05) is 0 Å². The molecule has 0 aliphatic rings. The lowest BCUT2D eigenvalue weighted by Crippen LogP contribution is -2.36. The van der Waals surface area contributed by atoms with Gasteiger partial charge >= 0.3 is 0 Å². The molecule has 0 bridgehead atoms. The molecule has 2 aromatic rings. The number of hydrogen-bond donors (Lipinski definition) is 1. The summed E-state index contributed by atoms with van der Waals surface area (Å²) < 4.78 is 1.38. The SMILES string of the molecule is C[C@@H](Cc1ccc(Cl)cc1)NC(=O)Cn1cnnn1. The molecule has 0 aliphatic heterocycles. The van der Waals surface area contributed by atoms with Crippen LogP contribution < -0.4 is 5.32 Å². The van der Waals surface area contributed by atoms with E-state index in [1.807, 2.05) is 31.2 Å². The van der Waals surface area contributed by atoms with Crippen molar-refractivity contribution in [1.82, 2.24) is 25.5 Å². The second-order valence-electron chi connectivity index (χ2n) is 4.31. The zero-order valence-electron chi connectivity index (χ0n) is 10.5. The molecule has 0 unspecified atom stereocenters. The highest BCUT2D eigenvalue weighted by Crippen LogP contribution is 2.10. The summed E-state index contributed by atoms with van der Waals surface area (Å²) in [6.07, 6.45) is 2.15. The molecule has 0 aliphatic carbocycles. The average Bonchev–Trinajstić information content (AvgIpc) is 2.84. The van der Waals surface area contributed by atoms with Gasteiger partial charge in [0.25, 0.3) is 0 Å². The number of hydrogen-bond acceptors (Lipinski definition) is 4. The first-order chi connectivity index (χ1) is 9.13. The lowest BCUT2D eigenvalue weighted by Gasteiger charge is -2.13. The van der Waals surface area contributed by atoms with Gasteiger partial charge in [-0.05, 0) is 41.5 Å². The molecular formula is C12H14ClN5O. The lowest BCUT2D eigenvalue weighted by molar-refractivity contribution is -0.122. The number of rotatable bonds is 5. The predicted molar refractivity (Wildman–Crippen MR) is 70.6 cm³/mol. The topological polar surface area (TPSA) is 72.7 Å². The number of amides is 1. The molecule has 1 aromatic heterocycles. The lowest BCUT2D eigenvalue weighted by atomic mass is 10.1. The molecule has 2 rings (SSSR count). The third-order valence-corrected chi connectivity index (χ3v) is 2.81. The van der Waals surface area contributed by atoms with Crippen LogP contribution in [0.2, 0.25) is 5.02 Å². The Hall–Kier alpha value is -1.95. The first-order valence-corrected chi connectivity index (χ1v) is 6.26. The van der Waals surface area contributed by atoms with Crippen LogP contribution in [0.5, 0.6) is 0 Å². The molecule has 0 spiro atoms. The van der Waals surface area contributed by atoms with E-state index in [0.29, 0.717) is 5.02 Å². The molecule has 1 atom stereocenters. The highest BCUT2D eigenvalue weighted by molar-refractivity contribution is 6.30. The third kappa shape index (κ3) is 4.33. The Morgan fingerprint density at radius 1 is 1.42 bits per heavy atom. The fraction of sp³-hybridized carbons (Fsp3) is 0.333. The van der Waals surface area contributed by atoms with Crippen LogP contribution in [0.15, 0.2) is 30.6 Å². The van der Waals surface area contributed by atoms with Gasteiger partial charge in [-0.15, -0.1) is 5.10 Å². The van der Waals surface area contributed by atoms with E-state index < -0.39 is 0 Å². The molecule has 19 heavy (non-hydrogen) atoms. The molecule has 1 N–H and O–H groups in total. The quantitative estimate of drug-likeness (QED) is 0.889. The molecule has 100 valence electrons. The highest BCUT2D eigenvalue weighted by atomic mass is 35.5. The van der Waals surface area contributed by atoms with Gasteiger partial charge < -0.3 is 5.32 Å². The maximum absolute atomic E-state index is 11.7. The summed E-state index contributed by atoms with van der Waals surface area (Å²) in [4.78, 5) is 11.7. The molecule has 0 fully saturated rings. The van der Waals surface area contributed by atoms with Crippen molar-refractivity contribution in [3.63, 3.8) is 0 Å². The van der Waals surface area contributed by atoms with Gasteiger partial charge in [-0.25, -0.2) is 4.68 Å². The number of carbonyl (C=O) groups excluding carboxylic acids is 1. The maximum Gasteiger partial charge on any atom is 0.242 e. The van der Waals surface area contributed by atoms with Crippen molar-refractivity contribution in [3.05, 3.63) is 41.2 Å². The van der Waals surface area contributed by atoms with Gasteiger partial charge in [-0.3, -0.25) is 4.79 Å². The van der Waals surface area contributed by atoms with Crippen molar-refractivity contribution in [2.45, 2.75) is 25.9 Å². The van der Waals surface area contributed by atoms with Crippen LogP contribution in [-0.4, -0.2) is 32.2 Å². The molecule has 6 nitrogen and oxygen atoms in total. The first kappa shape index (κ1) is 13.5. The zero-order valence-corrected chi connectivity index (χ0v) is 11.2. The van der Waals surface area contributed by atoms with Crippen molar-refractivity contribution >= 4 is 17.5 Å². The summed E-state index contributed by atoms with van der Waals surface area (Å²) in [5, 5.41) is 14.2. The van der Waals surface area contributed by atoms with Crippen LogP contribution >= 0.6 is 11.6 Å². The smallest absolute Gasteiger partial charge is 0.242 e. The van der Waals surface area contributed by atoms with E-state index >= 15 is 0 Å². The summed E-state index contributed by atoms with van der Waals surface area (Å²) in [5.74, 6) is -0.117. The Morgan fingerprint density at radius 2 is 2.16 bits per heavy atom. The van der Waals surface area contributed by atoms with E-state index in [0.717, 1.165) is 12.0 Å². The Balaban J connectivity index is 1.82. The van der Waals surface area contributed by atoms with Crippen LogP contribution in [0, 0.1) is 0 Å². The molecule has 0 radical (unpaired) electrons. The number of tetrazole rings is 1. The minimum absolute atomic E-state index is 0.0326. The van der Waals surface area contributed by atoms with Gasteiger partial charge in [0.1, 0.15) is 12.9 Å². The molecule has 0 saturated carbocycles. The van der Waals surface area contributed by atoms with Crippen molar-refractivity contribution in [1.29, 1.82) is 0 Å². The second-order valence-corrected chi connectivity index (χ2v) is 4.74. The summed E-state index contributed by atoms with van der Waals surface area (Å²) in [7, 11) is 0. The fourth-order valence-corrected chi connectivity index (χ4v) is 1.87. The molecule has 7 heteroatoms. The van der Waals surface area contributed by atoms with E-state index in [1.165, 1.54) is 11.0 Å². The number of nitrogens with one attached hydrogen (secondary N) is 1. The number of carbonyl (C=O) groups is 1. The normalized spacial score (nSPS) is 12.1. The summed E-state index contributed by atoms with van der Waals surface area (Å²) in [6, 6.07) is 7.61. The molecule has 1 aromatic carbocycles. The molecule has 0 saturated heterocycles. The van der Waals surface area contributed by atoms with Crippen LogP contribution in [0.25, 0.3) is 0 Å². The molecule has 1 amide bonds. The van der Waals surface area contributed by atoms with Gasteiger partial charge in [-0.2, -0.15) is 0 Å². The standard InChI is InChI=1S/C12H14ClN5O/c1-9(6-10-2-4-11(13)5-3-10)15-12(19)7-18-8-14-16-17-18/h2-5,8-9H,6-7H2,1H3,(H,15,19)/t9-/m0/s1. The second kappa shape index (κ2) is 6.29. The van der Waals surface area contributed by atoms with Crippen molar-refractivity contribution in [2.24, 2.45) is 0 Å². The number of nitrogens with zero attached hydrogens (tertiary/aromatic N) is 4. The summed E-state index contributed by atoms with van der Waals surface area (Å²) >= 11 is 5.82. The van der Waals surface area contributed by atoms with Crippen LogP contribution in [0.3, 0.4) is 0 Å². The minimum atomic E-state index is -0.117. The molecular weight excluding hydrogens is 266 g/mol. The zero-order chi connectivity index (χ0) is 13.7. The summed E-state index contributed by atoms with van der Waals surface area (Å²) in [6.45, 7) is 2.07. The van der Waals surface area contributed by atoms with Crippen molar-refractivity contribution in [3.8, 4) is 0 Å². The maximum atomic E-state index is 11.7. The average molecular weight is 280 g/mol. The third-order valence-electron chi connectivity index (χ3n) is 2.56. The van der Waals surface area contributed by atoms with Gasteiger partial charge in [0.2, 0.25) is 5.91 Å². The largest absolute Gasteiger partial charge is 0.352 e. The van der Waals surface area contributed by atoms with Crippen LogP contribution in [0.1, 0.15) is 12.5 Å². The van der Waals surface area contributed by atoms with E-state index in [9.17, 15) is 4.79 Å². The predicted octanol–water partition coefficient (Wildman–Crippen LogP) is 1.07. The number of aromatic nitrogens is 4. The monoisotopic (exact) mass is 279 g/mol. The number of halogens is 1. The fourth-order valence-electron chi connectivity index (χ4n) is 1.75. The van der Waals surface area contributed by atoms with Gasteiger partial charge in [0.15, 0.2) is 0 Å². The Bertz CT molecular complexity index is 526. The van der Waals surface area contributed by atoms with E-state index in [-0.39, 0.29) is 18.5 Å². The first-order valence-electron chi connectivity index (χ1n) is 5.88. The Morgan fingerprint density at radius 3 is 2.79 bits per heavy atom. The Labute approximate surface area is 115 Å². The van der Waals surface area contributed by atoms with E-state index in [2.05, 4.69) is 20.8 Å². The molecule has 1 heterocycles. The van der Waals surface area contributed by atoms with Gasteiger partial charge in [0.05, 0.1) is 0 Å². The highest BCUT2D eigenvalue weighted by Gasteiger charge is 2.09. The summed E-state index contributed by atoms with van der Waals surface area (Å²) in [5.41, 5.74) is 1.12. The van der Waals surface area contributed by atoms with E-state index in [4.69, 9.17) is 11.6 Å². The van der Waals surface area contributed by atoms with Gasteiger partial charge in [-0.1, -0.05) is 23.7 Å². The van der Waals surface area contributed by atoms with Gasteiger partial charge in [0, 0.05) is 11.1 Å². The van der Waals surface area contributed by atoms with Crippen molar-refractivity contribution < 1.29 is 4.79 Å². The Kier molecular flexibility index (Phi) is 4.46. The number of benzene rings is 1. The van der Waals surface area contributed by atoms with Crippen LogP contribution in [0.4, 0.5) is 0 Å². The van der Waals surface area contributed by atoms with E-state index in [1.54, 1.807) is 0 Å². The minimum Gasteiger partial charge on any atom is -0.352 e. The van der Waals surface area contributed by atoms with Crippen LogP contribution in [-0.2, 0) is 17.8 Å².